The Morgan fingerprint density at radius 3 is 1.87 bits per heavy atom. The van der Waals surface area contributed by atoms with Crippen LogP contribution in [-0.2, 0) is 14.2 Å². The maximum atomic E-state index is 12.8. The van der Waals surface area contributed by atoms with Crippen LogP contribution >= 0.6 is 0 Å². The summed E-state index contributed by atoms with van der Waals surface area (Å²) in [5, 5.41) is 0. The molecule has 2 heterocycles. The number of aryl methyl sites for hydroxylation is 2. The minimum Gasteiger partial charge on any atom is -0.465 e. The molecule has 0 saturated carbocycles. The van der Waals surface area contributed by atoms with Crippen molar-refractivity contribution in [2.45, 2.75) is 47.6 Å². The number of nitrogens with one attached hydrogen (secondary N) is 2. The van der Waals surface area contributed by atoms with E-state index in [2.05, 4.69) is 9.97 Å². The molecule has 162 valence electrons. The summed E-state index contributed by atoms with van der Waals surface area (Å²) in [6.45, 7) is 9.83. The topological polar surface area (TPSA) is 128 Å². The molecule has 0 aliphatic rings. The van der Waals surface area contributed by atoms with Gasteiger partial charge in [0.2, 0.25) is 5.78 Å². The standard InChI is InChI=1S/C21H26N2O7/c1-8-29-20(26)15-10(3)17(23-12(15)5)21(27)30-13(6)18(24)16-9(2)14(11(4)22-16)19(25)28-7/h13,22-23H,8H2,1-7H3/t13-/m1/s1. The van der Waals surface area contributed by atoms with Crippen LogP contribution in [0.2, 0.25) is 0 Å². The average Bonchev–Trinajstić information content (AvgIpc) is 3.15. The minimum atomic E-state index is -1.13. The molecule has 2 rings (SSSR count). The summed E-state index contributed by atoms with van der Waals surface area (Å²) in [7, 11) is 1.26. The zero-order chi connectivity index (χ0) is 22.7. The van der Waals surface area contributed by atoms with Crippen LogP contribution in [0.25, 0.3) is 0 Å². The normalized spacial score (nSPS) is 11.7. The SMILES string of the molecule is CCOC(=O)c1c(C)[nH]c(C(=O)O[C@H](C)C(=O)c2[nH]c(C)c(C(=O)OC)c2C)c1C. The van der Waals surface area contributed by atoms with Crippen LogP contribution in [0.4, 0.5) is 0 Å². The fourth-order valence-electron chi connectivity index (χ4n) is 3.34. The van der Waals surface area contributed by atoms with E-state index in [-0.39, 0.29) is 29.1 Å². The van der Waals surface area contributed by atoms with Crippen molar-refractivity contribution in [3.8, 4) is 0 Å². The zero-order valence-corrected chi connectivity index (χ0v) is 18.1. The van der Waals surface area contributed by atoms with Crippen molar-refractivity contribution in [3.63, 3.8) is 0 Å². The Morgan fingerprint density at radius 2 is 1.33 bits per heavy atom. The van der Waals surface area contributed by atoms with Crippen LogP contribution in [-0.4, -0.2) is 53.5 Å². The summed E-state index contributed by atoms with van der Waals surface area (Å²) in [5.41, 5.74) is 2.53. The molecule has 0 spiro atoms. The summed E-state index contributed by atoms with van der Waals surface area (Å²) in [4.78, 5) is 55.1. The van der Waals surface area contributed by atoms with Gasteiger partial charge in [0, 0.05) is 11.4 Å². The molecule has 0 aliphatic carbocycles. The number of methoxy groups -OCH3 is 1. The van der Waals surface area contributed by atoms with E-state index in [0.29, 0.717) is 22.5 Å². The van der Waals surface area contributed by atoms with Crippen LogP contribution in [0.1, 0.15) is 78.1 Å². The quantitative estimate of drug-likeness (QED) is 0.402. The van der Waals surface area contributed by atoms with Crippen LogP contribution in [0.3, 0.4) is 0 Å². The second-order valence-electron chi connectivity index (χ2n) is 6.87. The van der Waals surface area contributed by atoms with Crippen LogP contribution in [0.5, 0.6) is 0 Å². The number of ketones is 1. The molecule has 0 saturated heterocycles. The van der Waals surface area contributed by atoms with E-state index in [1.807, 2.05) is 0 Å². The van der Waals surface area contributed by atoms with Gasteiger partial charge in [0.05, 0.1) is 30.5 Å². The lowest BCUT2D eigenvalue weighted by Crippen LogP contribution is -2.26. The summed E-state index contributed by atoms with van der Waals surface area (Å²) >= 11 is 0. The fraction of sp³-hybridized carbons (Fsp3) is 0.429. The maximum absolute atomic E-state index is 12.8. The number of rotatable bonds is 7. The van der Waals surface area contributed by atoms with Crippen molar-refractivity contribution in [2.75, 3.05) is 13.7 Å². The summed E-state index contributed by atoms with van der Waals surface area (Å²) in [6.07, 6.45) is -1.13. The van der Waals surface area contributed by atoms with Gasteiger partial charge in [0.1, 0.15) is 5.69 Å². The number of ether oxygens (including phenoxy) is 3. The Hall–Kier alpha value is -3.36. The Morgan fingerprint density at radius 1 is 0.833 bits per heavy atom. The number of hydrogen-bond acceptors (Lipinski definition) is 7. The van der Waals surface area contributed by atoms with Crippen molar-refractivity contribution in [2.24, 2.45) is 0 Å². The van der Waals surface area contributed by atoms with Crippen LogP contribution < -0.4 is 0 Å². The summed E-state index contributed by atoms with van der Waals surface area (Å²) in [5.74, 6) is -2.37. The molecular formula is C21H26N2O7. The molecule has 0 aromatic carbocycles. The van der Waals surface area contributed by atoms with E-state index in [4.69, 9.17) is 14.2 Å². The Balaban J connectivity index is 2.25. The van der Waals surface area contributed by atoms with Gasteiger partial charge in [-0.05, 0) is 52.7 Å². The van der Waals surface area contributed by atoms with Gasteiger partial charge in [0.15, 0.2) is 6.10 Å². The number of carbonyl (C=O) groups is 4. The molecule has 2 N–H and O–H groups in total. The molecule has 2 aromatic heterocycles. The highest BCUT2D eigenvalue weighted by molar-refractivity contribution is 6.05. The molecule has 0 bridgehead atoms. The number of H-pyrrole nitrogens is 2. The first-order valence-corrected chi connectivity index (χ1v) is 9.43. The predicted octanol–water partition coefficient (Wildman–Crippen LogP) is 2.97. The van der Waals surface area contributed by atoms with Gasteiger partial charge >= 0.3 is 17.9 Å². The summed E-state index contributed by atoms with van der Waals surface area (Å²) in [6, 6.07) is 0. The molecule has 2 aromatic rings. The van der Waals surface area contributed by atoms with E-state index >= 15 is 0 Å². The smallest absolute Gasteiger partial charge is 0.355 e. The molecule has 0 aliphatic heterocycles. The van der Waals surface area contributed by atoms with E-state index < -0.39 is 29.8 Å². The summed E-state index contributed by atoms with van der Waals surface area (Å²) < 4.78 is 15.1. The fourth-order valence-corrected chi connectivity index (χ4v) is 3.34. The molecule has 0 radical (unpaired) electrons. The predicted molar refractivity (Wildman–Crippen MR) is 107 cm³/mol. The molecule has 0 amide bonds. The van der Waals surface area contributed by atoms with Crippen molar-refractivity contribution in [1.82, 2.24) is 9.97 Å². The molecular weight excluding hydrogens is 392 g/mol. The number of Topliss-reactive ketones (excluding diaryl/α,β-unsaturated/α-hetero) is 1. The van der Waals surface area contributed by atoms with Crippen molar-refractivity contribution >= 4 is 23.7 Å². The van der Waals surface area contributed by atoms with Gasteiger partial charge in [-0.25, -0.2) is 14.4 Å². The highest BCUT2D eigenvalue weighted by Gasteiger charge is 2.29. The highest BCUT2D eigenvalue weighted by Crippen LogP contribution is 2.23. The van der Waals surface area contributed by atoms with E-state index in [1.165, 1.54) is 14.0 Å². The van der Waals surface area contributed by atoms with Gasteiger partial charge in [-0.1, -0.05) is 0 Å². The molecule has 1 atom stereocenters. The number of esters is 3. The van der Waals surface area contributed by atoms with Crippen molar-refractivity contribution < 1.29 is 33.4 Å². The lowest BCUT2D eigenvalue weighted by Gasteiger charge is -2.12. The van der Waals surface area contributed by atoms with Crippen LogP contribution in [0.15, 0.2) is 0 Å². The molecule has 30 heavy (non-hydrogen) atoms. The maximum Gasteiger partial charge on any atom is 0.355 e. The molecule has 9 heteroatoms. The number of hydrogen-bond donors (Lipinski definition) is 2. The first kappa shape index (κ1) is 22.9. The lowest BCUT2D eigenvalue weighted by molar-refractivity contribution is 0.0311. The van der Waals surface area contributed by atoms with Crippen molar-refractivity contribution in [3.05, 3.63) is 45.0 Å². The Bertz CT molecular complexity index is 1010. The molecule has 0 unspecified atom stereocenters. The molecule has 9 nitrogen and oxygen atoms in total. The van der Waals surface area contributed by atoms with Gasteiger partial charge < -0.3 is 24.2 Å². The Labute approximate surface area is 174 Å². The molecule has 0 fully saturated rings. The third kappa shape index (κ3) is 4.14. The zero-order valence-electron chi connectivity index (χ0n) is 18.1. The largest absolute Gasteiger partial charge is 0.465 e. The Kier molecular flexibility index (Phi) is 6.86. The minimum absolute atomic E-state index is 0.0739. The first-order chi connectivity index (χ1) is 14.0. The number of aromatic nitrogens is 2. The van der Waals surface area contributed by atoms with Gasteiger partial charge in [-0.15, -0.1) is 0 Å². The monoisotopic (exact) mass is 418 g/mol. The first-order valence-electron chi connectivity index (χ1n) is 9.43. The second kappa shape index (κ2) is 8.98. The van der Waals surface area contributed by atoms with Gasteiger partial charge in [0.25, 0.3) is 0 Å². The van der Waals surface area contributed by atoms with Crippen molar-refractivity contribution in [1.29, 1.82) is 0 Å². The average molecular weight is 418 g/mol. The van der Waals surface area contributed by atoms with E-state index in [0.717, 1.165) is 0 Å². The van der Waals surface area contributed by atoms with Gasteiger partial charge in [-0.2, -0.15) is 0 Å². The highest BCUT2D eigenvalue weighted by atomic mass is 16.5. The van der Waals surface area contributed by atoms with E-state index in [1.54, 1.807) is 34.6 Å². The lowest BCUT2D eigenvalue weighted by atomic mass is 10.1. The van der Waals surface area contributed by atoms with E-state index in [9.17, 15) is 19.2 Å². The second-order valence-corrected chi connectivity index (χ2v) is 6.87. The third-order valence-corrected chi connectivity index (χ3v) is 4.85. The third-order valence-electron chi connectivity index (χ3n) is 4.85. The van der Waals surface area contributed by atoms with Gasteiger partial charge in [-0.3, -0.25) is 4.79 Å². The van der Waals surface area contributed by atoms with Crippen LogP contribution in [0, 0.1) is 27.7 Å². The number of carbonyl (C=O) groups excluding carboxylic acids is 4. The number of aromatic amines is 2.